The second-order valence-electron chi connectivity index (χ2n) is 3.06. The van der Waals surface area contributed by atoms with Crippen LogP contribution in [0.5, 0.6) is 5.75 Å². The molecule has 0 radical (unpaired) electrons. The van der Waals surface area contributed by atoms with Crippen LogP contribution < -0.4 is 5.73 Å². The van der Waals surface area contributed by atoms with Crippen LogP contribution in [0.2, 0.25) is 0 Å². The Kier molecular flexibility index (Phi) is 3.62. The predicted octanol–water partition coefficient (Wildman–Crippen LogP) is 1.09. The third-order valence-corrected chi connectivity index (χ3v) is 2.03. The molecule has 3 N–H and O–H groups in total. The zero-order chi connectivity index (χ0) is 11.4. The molecule has 1 aromatic rings. The number of phenolic OH excluding ortho intramolecular Hbond substituents is 1. The summed E-state index contributed by atoms with van der Waals surface area (Å²) in [5.41, 5.74) is 5.81. The van der Waals surface area contributed by atoms with Gasteiger partial charge in [-0.3, -0.25) is 4.79 Å². The number of aromatic hydroxyl groups is 1. The topological polar surface area (TPSA) is 72.5 Å². The Morgan fingerprint density at radius 2 is 2.33 bits per heavy atom. The zero-order valence-electron chi connectivity index (χ0n) is 8.24. The highest BCUT2D eigenvalue weighted by Gasteiger charge is 2.17. The lowest BCUT2D eigenvalue weighted by Gasteiger charge is -2.12. The van der Waals surface area contributed by atoms with Crippen molar-refractivity contribution in [3.8, 4) is 5.75 Å². The van der Waals surface area contributed by atoms with Gasteiger partial charge in [0.1, 0.15) is 0 Å². The molecule has 0 heterocycles. The largest absolute Gasteiger partial charge is 0.505 e. The molecule has 4 nitrogen and oxygen atoms in total. The molecule has 0 aliphatic carbocycles. The monoisotopic (exact) mass is 213 g/mol. The number of rotatable bonds is 3. The summed E-state index contributed by atoms with van der Waals surface area (Å²) in [5, 5.41) is 9.35. The van der Waals surface area contributed by atoms with Gasteiger partial charge >= 0.3 is 5.97 Å². The fraction of sp³-hybridized carbons (Fsp3) is 0.300. The predicted molar refractivity (Wildman–Crippen MR) is 51.6 cm³/mol. The van der Waals surface area contributed by atoms with Crippen LogP contribution in [0.4, 0.5) is 4.39 Å². The first kappa shape index (κ1) is 11.5. The maximum absolute atomic E-state index is 12.9. The molecule has 1 rings (SSSR count). The lowest BCUT2D eigenvalue weighted by atomic mass is 10.0. The van der Waals surface area contributed by atoms with E-state index in [1.54, 1.807) is 0 Å². The maximum Gasteiger partial charge on any atom is 0.307 e. The van der Waals surface area contributed by atoms with Crippen molar-refractivity contribution in [2.75, 3.05) is 7.11 Å². The summed E-state index contributed by atoms with van der Waals surface area (Å²) in [5.74, 6) is -1.78. The van der Waals surface area contributed by atoms with Crippen LogP contribution in [0.1, 0.15) is 18.0 Å². The van der Waals surface area contributed by atoms with E-state index in [2.05, 4.69) is 4.74 Å². The molecule has 15 heavy (non-hydrogen) atoms. The molecule has 0 unspecified atom stereocenters. The van der Waals surface area contributed by atoms with E-state index in [-0.39, 0.29) is 12.0 Å². The van der Waals surface area contributed by atoms with E-state index in [4.69, 9.17) is 5.73 Å². The minimum absolute atomic E-state index is 0.104. The van der Waals surface area contributed by atoms with Crippen molar-refractivity contribution in [1.82, 2.24) is 0 Å². The molecule has 0 fully saturated rings. The van der Waals surface area contributed by atoms with Crippen molar-refractivity contribution >= 4 is 5.97 Å². The maximum atomic E-state index is 12.9. The molecule has 5 heteroatoms. The van der Waals surface area contributed by atoms with Crippen LogP contribution in [-0.2, 0) is 9.53 Å². The molecule has 0 bridgehead atoms. The van der Waals surface area contributed by atoms with E-state index >= 15 is 0 Å². The highest BCUT2D eigenvalue weighted by molar-refractivity contribution is 5.70. The van der Waals surface area contributed by atoms with Crippen LogP contribution in [0.3, 0.4) is 0 Å². The Balaban J connectivity index is 2.86. The second kappa shape index (κ2) is 4.75. The van der Waals surface area contributed by atoms with E-state index in [1.807, 2.05) is 0 Å². The minimum atomic E-state index is -0.770. The smallest absolute Gasteiger partial charge is 0.307 e. The average Bonchev–Trinajstić information content (AvgIpc) is 2.21. The van der Waals surface area contributed by atoms with Crippen LogP contribution in [0, 0.1) is 5.82 Å². The van der Waals surface area contributed by atoms with Gasteiger partial charge in [0, 0.05) is 11.6 Å². The Morgan fingerprint density at radius 3 is 2.93 bits per heavy atom. The van der Waals surface area contributed by atoms with E-state index in [9.17, 15) is 14.3 Å². The normalized spacial score (nSPS) is 12.2. The first-order valence-electron chi connectivity index (χ1n) is 4.36. The Hall–Kier alpha value is -1.62. The Morgan fingerprint density at radius 1 is 1.67 bits per heavy atom. The van der Waals surface area contributed by atoms with Crippen molar-refractivity contribution in [3.63, 3.8) is 0 Å². The number of hydrogen-bond donors (Lipinski definition) is 2. The SMILES string of the molecule is COC(=O)C[C@@H](N)c1cccc(F)c1O. The summed E-state index contributed by atoms with van der Waals surface area (Å²) < 4.78 is 17.4. The number of ether oxygens (including phenoxy) is 1. The highest BCUT2D eigenvalue weighted by atomic mass is 19.1. The number of esters is 1. The van der Waals surface area contributed by atoms with Crippen LogP contribution >= 0.6 is 0 Å². The summed E-state index contributed by atoms with van der Waals surface area (Å²) in [7, 11) is 1.24. The summed E-state index contributed by atoms with van der Waals surface area (Å²) in [6.45, 7) is 0. The molecule has 1 aromatic carbocycles. The molecule has 0 saturated carbocycles. The van der Waals surface area contributed by atoms with E-state index < -0.39 is 23.6 Å². The first-order chi connectivity index (χ1) is 7.06. The third-order valence-electron chi connectivity index (χ3n) is 2.03. The number of methoxy groups -OCH3 is 1. The lowest BCUT2D eigenvalue weighted by Crippen LogP contribution is -2.16. The molecular weight excluding hydrogens is 201 g/mol. The lowest BCUT2D eigenvalue weighted by molar-refractivity contribution is -0.141. The summed E-state index contributed by atoms with van der Waals surface area (Å²) in [6.07, 6.45) is -0.104. The fourth-order valence-corrected chi connectivity index (χ4v) is 1.20. The summed E-state index contributed by atoms with van der Waals surface area (Å²) >= 11 is 0. The van der Waals surface area contributed by atoms with E-state index in [0.29, 0.717) is 0 Å². The third kappa shape index (κ3) is 2.66. The van der Waals surface area contributed by atoms with Gasteiger partial charge in [-0.15, -0.1) is 0 Å². The Bertz CT molecular complexity index is 368. The molecule has 0 aliphatic heterocycles. The van der Waals surface area contributed by atoms with Gasteiger partial charge in [0.25, 0.3) is 0 Å². The number of para-hydroxylation sites is 1. The van der Waals surface area contributed by atoms with E-state index in [0.717, 1.165) is 6.07 Å². The fourth-order valence-electron chi connectivity index (χ4n) is 1.20. The molecule has 82 valence electrons. The number of benzene rings is 1. The number of carbonyl (C=O) groups is 1. The summed E-state index contributed by atoms with van der Waals surface area (Å²) in [6, 6.07) is 3.23. The molecule has 0 spiro atoms. The standard InChI is InChI=1S/C10H12FNO3/c1-15-9(13)5-8(12)6-3-2-4-7(11)10(6)14/h2-4,8,14H,5,12H2,1H3/t8-/m1/s1. The molecule has 1 atom stereocenters. The minimum Gasteiger partial charge on any atom is -0.505 e. The van der Waals surface area contributed by atoms with Gasteiger partial charge in [-0.25, -0.2) is 4.39 Å². The quantitative estimate of drug-likeness (QED) is 0.737. The number of hydrogen-bond acceptors (Lipinski definition) is 4. The van der Waals surface area contributed by atoms with Gasteiger partial charge in [-0.1, -0.05) is 12.1 Å². The Labute approximate surface area is 86.5 Å². The number of nitrogens with two attached hydrogens (primary N) is 1. The first-order valence-corrected chi connectivity index (χ1v) is 4.36. The number of halogens is 1. The van der Waals surface area contributed by atoms with Gasteiger partial charge < -0.3 is 15.6 Å². The van der Waals surface area contributed by atoms with Gasteiger partial charge in [0.05, 0.1) is 13.5 Å². The van der Waals surface area contributed by atoms with Gasteiger partial charge in [-0.2, -0.15) is 0 Å². The van der Waals surface area contributed by atoms with Crippen LogP contribution in [0.25, 0.3) is 0 Å². The molecule has 0 aliphatic rings. The van der Waals surface area contributed by atoms with Crippen molar-refractivity contribution < 1.29 is 19.0 Å². The zero-order valence-corrected chi connectivity index (χ0v) is 8.24. The number of phenols is 1. The number of carbonyl (C=O) groups excluding carboxylic acids is 1. The van der Waals surface area contributed by atoms with Crippen LogP contribution in [0.15, 0.2) is 18.2 Å². The van der Waals surface area contributed by atoms with Crippen molar-refractivity contribution in [2.45, 2.75) is 12.5 Å². The molecule has 0 amide bonds. The molecule has 0 aromatic heterocycles. The summed E-state index contributed by atoms with van der Waals surface area (Å²) in [4.78, 5) is 10.9. The van der Waals surface area contributed by atoms with Crippen molar-refractivity contribution in [2.24, 2.45) is 5.73 Å². The van der Waals surface area contributed by atoms with Gasteiger partial charge in [0.2, 0.25) is 0 Å². The second-order valence-corrected chi connectivity index (χ2v) is 3.06. The molecule has 0 saturated heterocycles. The van der Waals surface area contributed by atoms with Gasteiger partial charge in [-0.05, 0) is 6.07 Å². The van der Waals surface area contributed by atoms with Crippen molar-refractivity contribution in [1.29, 1.82) is 0 Å². The highest BCUT2D eigenvalue weighted by Crippen LogP contribution is 2.27. The van der Waals surface area contributed by atoms with Crippen molar-refractivity contribution in [3.05, 3.63) is 29.6 Å². The van der Waals surface area contributed by atoms with Gasteiger partial charge in [0.15, 0.2) is 11.6 Å². The van der Waals surface area contributed by atoms with E-state index in [1.165, 1.54) is 19.2 Å². The molecular formula is C10H12FNO3. The average molecular weight is 213 g/mol. The van der Waals surface area contributed by atoms with Crippen LogP contribution in [-0.4, -0.2) is 18.2 Å².